The topological polar surface area (TPSA) is 112 Å². The maximum absolute atomic E-state index is 12.8. The summed E-state index contributed by atoms with van der Waals surface area (Å²) >= 11 is 0. The quantitative estimate of drug-likeness (QED) is 0.447. The molecule has 180 valence electrons. The Balaban J connectivity index is 1.66. The van der Waals surface area contributed by atoms with E-state index in [1.54, 1.807) is 56.5 Å². The first-order valence-corrected chi connectivity index (χ1v) is 11.7. The number of hydrogen-bond donors (Lipinski definition) is 2. The molecule has 1 atom stereocenters. The second-order valence-corrected chi connectivity index (χ2v) is 8.81. The lowest BCUT2D eigenvalue weighted by Gasteiger charge is -2.16. The minimum absolute atomic E-state index is 0.0176. The number of sulfonamides is 1. The van der Waals surface area contributed by atoms with E-state index in [-0.39, 0.29) is 16.5 Å². The highest BCUT2D eigenvalue weighted by atomic mass is 32.2. The number of benzene rings is 3. The monoisotopic (exact) mass is 486 g/mol. The van der Waals surface area contributed by atoms with Crippen molar-refractivity contribution in [1.29, 1.82) is 0 Å². The molecule has 0 aliphatic heterocycles. The van der Waals surface area contributed by atoms with E-state index in [1.807, 2.05) is 0 Å². The summed E-state index contributed by atoms with van der Waals surface area (Å²) in [6, 6.07) is 17.4. The second kappa shape index (κ2) is 10.8. The number of rotatable bonds is 10. The molecule has 10 heteroatoms. The molecule has 0 bridgehead atoms. The molecule has 0 fully saturated rings. The molecule has 1 amide bonds. The van der Waals surface area contributed by atoms with Crippen molar-refractivity contribution in [3.8, 4) is 23.0 Å². The summed E-state index contributed by atoms with van der Waals surface area (Å²) in [5.74, 6) is 1.56. The van der Waals surface area contributed by atoms with Crippen molar-refractivity contribution in [2.45, 2.75) is 17.9 Å². The molecule has 0 spiro atoms. The van der Waals surface area contributed by atoms with Crippen LogP contribution in [0.15, 0.2) is 71.6 Å². The molecule has 2 N–H and O–H groups in total. The second-order valence-electron chi connectivity index (χ2n) is 7.12. The molecule has 0 radical (unpaired) electrons. The Bertz CT molecular complexity index is 1240. The van der Waals surface area contributed by atoms with Gasteiger partial charge in [0.15, 0.2) is 6.10 Å². The van der Waals surface area contributed by atoms with Gasteiger partial charge in [0.25, 0.3) is 15.9 Å². The summed E-state index contributed by atoms with van der Waals surface area (Å²) in [4.78, 5) is 12.5. The fraction of sp³-hybridized carbons (Fsp3) is 0.208. The molecular formula is C24H26N2O7S. The number of methoxy groups -OCH3 is 3. The minimum Gasteiger partial charge on any atom is -0.497 e. The van der Waals surface area contributed by atoms with E-state index in [0.29, 0.717) is 28.7 Å². The fourth-order valence-electron chi connectivity index (χ4n) is 2.98. The third-order valence-corrected chi connectivity index (χ3v) is 6.19. The smallest absolute Gasteiger partial charge is 0.265 e. The summed E-state index contributed by atoms with van der Waals surface area (Å²) in [7, 11) is 0.588. The lowest BCUT2D eigenvalue weighted by Crippen LogP contribution is -2.30. The molecule has 0 saturated heterocycles. The van der Waals surface area contributed by atoms with Crippen molar-refractivity contribution in [2.75, 3.05) is 31.4 Å². The first-order valence-electron chi connectivity index (χ1n) is 10.2. The van der Waals surface area contributed by atoms with Crippen molar-refractivity contribution in [2.24, 2.45) is 0 Å². The molecule has 3 aromatic carbocycles. The van der Waals surface area contributed by atoms with Crippen molar-refractivity contribution in [3.63, 3.8) is 0 Å². The SMILES string of the molecule is COc1cccc(O[C@@H](C)C(=O)Nc2ccc(S(=O)(=O)Nc3ccc(OC)cc3OC)cc2)c1. The third-order valence-electron chi connectivity index (χ3n) is 4.81. The van der Waals surface area contributed by atoms with Gasteiger partial charge in [-0.05, 0) is 55.5 Å². The average molecular weight is 487 g/mol. The number of ether oxygens (including phenoxy) is 4. The number of anilines is 2. The molecule has 3 aromatic rings. The van der Waals surface area contributed by atoms with Gasteiger partial charge >= 0.3 is 0 Å². The van der Waals surface area contributed by atoms with Crippen LogP contribution in [0.5, 0.6) is 23.0 Å². The number of amides is 1. The minimum atomic E-state index is -3.89. The van der Waals surface area contributed by atoms with Gasteiger partial charge in [-0.25, -0.2) is 8.42 Å². The van der Waals surface area contributed by atoms with Gasteiger partial charge in [-0.3, -0.25) is 9.52 Å². The van der Waals surface area contributed by atoms with Crippen molar-refractivity contribution in [3.05, 3.63) is 66.7 Å². The molecule has 0 heterocycles. The summed E-state index contributed by atoms with van der Waals surface area (Å²) in [6.45, 7) is 1.61. The Labute approximate surface area is 198 Å². The zero-order valence-electron chi connectivity index (χ0n) is 19.2. The highest BCUT2D eigenvalue weighted by Gasteiger charge is 2.19. The highest BCUT2D eigenvalue weighted by molar-refractivity contribution is 7.92. The fourth-order valence-corrected chi connectivity index (χ4v) is 4.05. The lowest BCUT2D eigenvalue weighted by molar-refractivity contribution is -0.122. The third kappa shape index (κ3) is 6.10. The van der Waals surface area contributed by atoms with Gasteiger partial charge in [-0.15, -0.1) is 0 Å². The molecular weight excluding hydrogens is 460 g/mol. The van der Waals surface area contributed by atoms with Crippen molar-refractivity contribution in [1.82, 2.24) is 0 Å². The zero-order chi connectivity index (χ0) is 24.7. The molecule has 9 nitrogen and oxygen atoms in total. The van der Waals surface area contributed by atoms with Gasteiger partial charge < -0.3 is 24.3 Å². The summed E-state index contributed by atoms with van der Waals surface area (Å²) in [5, 5.41) is 2.71. The van der Waals surface area contributed by atoms with E-state index in [1.165, 1.54) is 38.5 Å². The number of carbonyl (C=O) groups is 1. The maximum Gasteiger partial charge on any atom is 0.265 e. The standard InChI is InChI=1S/C24H26N2O7S/c1-16(33-20-7-5-6-18(14-20)30-2)24(27)25-17-8-11-21(12-9-17)34(28,29)26-22-13-10-19(31-3)15-23(22)32-4/h5-16,26H,1-4H3,(H,25,27)/t16-/m0/s1. The largest absolute Gasteiger partial charge is 0.497 e. The van der Waals surface area contributed by atoms with Crippen LogP contribution in [0.25, 0.3) is 0 Å². The van der Waals surface area contributed by atoms with E-state index in [9.17, 15) is 13.2 Å². The summed E-state index contributed by atoms with van der Waals surface area (Å²) in [5.41, 5.74) is 0.691. The van der Waals surface area contributed by atoms with Crippen LogP contribution >= 0.6 is 0 Å². The predicted octanol–water partition coefficient (Wildman–Crippen LogP) is 3.92. The van der Waals surface area contributed by atoms with E-state index < -0.39 is 16.1 Å². The molecule has 0 aliphatic rings. The normalized spacial score (nSPS) is 11.8. The highest BCUT2D eigenvalue weighted by Crippen LogP contribution is 2.31. The Morgan fingerprint density at radius 3 is 2.12 bits per heavy atom. The van der Waals surface area contributed by atoms with Gasteiger partial charge in [0.2, 0.25) is 0 Å². The van der Waals surface area contributed by atoms with Crippen LogP contribution in [-0.4, -0.2) is 41.8 Å². The van der Waals surface area contributed by atoms with Gasteiger partial charge in [0.05, 0.1) is 31.9 Å². The van der Waals surface area contributed by atoms with Gasteiger partial charge in [0, 0.05) is 17.8 Å². The van der Waals surface area contributed by atoms with E-state index in [0.717, 1.165) is 0 Å². The number of nitrogens with one attached hydrogen (secondary N) is 2. The molecule has 0 saturated carbocycles. The Morgan fingerprint density at radius 1 is 0.824 bits per heavy atom. The van der Waals surface area contributed by atoms with Crippen LogP contribution < -0.4 is 29.0 Å². The van der Waals surface area contributed by atoms with Crippen LogP contribution in [0.4, 0.5) is 11.4 Å². The van der Waals surface area contributed by atoms with Crippen molar-refractivity contribution >= 4 is 27.3 Å². The number of hydrogen-bond acceptors (Lipinski definition) is 7. The molecule has 0 aromatic heterocycles. The van der Waals surface area contributed by atoms with Gasteiger partial charge in [-0.1, -0.05) is 6.07 Å². The van der Waals surface area contributed by atoms with E-state index in [4.69, 9.17) is 18.9 Å². The van der Waals surface area contributed by atoms with Crippen LogP contribution in [-0.2, 0) is 14.8 Å². The molecule has 0 aliphatic carbocycles. The Hall–Kier alpha value is -3.92. The van der Waals surface area contributed by atoms with Crippen LogP contribution in [0.3, 0.4) is 0 Å². The van der Waals surface area contributed by atoms with Crippen LogP contribution in [0.1, 0.15) is 6.92 Å². The molecule has 0 unspecified atom stereocenters. The number of carbonyl (C=O) groups excluding carboxylic acids is 1. The van der Waals surface area contributed by atoms with Gasteiger partial charge in [0.1, 0.15) is 23.0 Å². The average Bonchev–Trinajstić information content (AvgIpc) is 2.84. The van der Waals surface area contributed by atoms with Crippen LogP contribution in [0.2, 0.25) is 0 Å². The summed E-state index contributed by atoms with van der Waals surface area (Å²) in [6.07, 6.45) is -0.792. The first kappa shape index (κ1) is 24.7. The zero-order valence-corrected chi connectivity index (χ0v) is 20.0. The molecule has 34 heavy (non-hydrogen) atoms. The Morgan fingerprint density at radius 2 is 1.47 bits per heavy atom. The predicted molar refractivity (Wildman–Crippen MR) is 129 cm³/mol. The summed E-state index contributed by atoms with van der Waals surface area (Å²) < 4.78 is 49.3. The maximum atomic E-state index is 12.8. The first-order chi connectivity index (χ1) is 16.2. The van der Waals surface area contributed by atoms with E-state index >= 15 is 0 Å². The van der Waals surface area contributed by atoms with Gasteiger partial charge in [-0.2, -0.15) is 0 Å². The van der Waals surface area contributed by atoms with Crippen LogP contribution in [0, 0.1) is 0 Å². The van der Waals surface area contributed by atoms with E-state index in [2.05, 4.69) is 10.0 Å². The molecule has 3 rings (SSSR count). The lowest BCUT2D eigenvalue weighted by atomic mass is 10.3. The van der Waals surface area contributed by atoms with Crippen molar-refractivity contribution < 1.29 is 32.2 Å². The Kier molecular flexibility index (Phi) is 7.85.